The predicted octanol–water partition coefficient (Wildman–Crippen LogP) is 3.06. The van der Waals surface area contributed by atoms with Crippen LogP contribution in [0, 0.1) is 20.8 Å². The molecule has 1 heterocycles. The number of amides is 1. The van der Waals surface area contributed by atoms with E-state index in [1.165, 1.54) is 15.8 Å². The fourth-order valence-corrected chi connectivity index (χ4v) is 3.16. The van der Waals surface area contributed by atoms with Gasteiger partial charge in [-0.25, -0.2) is 4.68 Å². The lowest BCUT2D eigenvalue weighted by Crippen LogP contribution is -2.30. The number of carbonyl (C=O) groups excluding carboxylic acids is 1. The van der Waals surface area contributed by atoms with E-state index in [1.807, 2.05) is 19.9 Å². The quantitative estimate of drug-likeness (QED) is 0.668. The van der Waals surface area contributed by atoms with Gasteiger partial charge in [-0.2, -0.15) is 5.10 Å². The molecule has 1 N–H and O–H groups in total. The summed E-state index contributed by atoms with van der Waals surface area (Å²) in [5, 5.41) is 8.05. The number of carbonyl (C=O) groups is 1. The normalized spacial score (nSPS) is 10.9. The van der Waals surface area contributed by atoms with Gasteiger partial charge >= 0.3 is 0 Å². The molecule has 0 unspecified atom stereocenters. The Kier molecular flexibility index (Phi) is 5.78. The lowest BCUT2D eigenvalue weighted by Gasteiger charge is -2.13. The van der Waals surface area contributed by atoms with E-state index in [0.717, 1.165) is 11.3 Å². The third-order valence-corrected chi connectivity index (χ3v) is 4.80. The molecular weight excluding hydrogens is 354 g/mol. The molecule has 0 saturated heterocycles. The molecule has 1 aromatic heterocycles. The van der Waals surface area contributed by atoms with Crippen LogP contribution in [-0.4, -0.2) is 28.8 Å². The van der Waals surface area contributed by atoms with Crippen LogP contribution >= 0.6 is 0 Å². The highest BCUT2D eigenvalue weighted by molar-refractivity contribution is 6.04. The molecule has 0 spiro atoms. The molecule has 0 aliphatic rings. The van der Waals surface area contributed by atoms with Gasteiger partial charge in [0.1, 0.15) is 5.75 Å². The lowest BCUT2D eigenvalue weighted by atomic mass is 10.1. The van der Waals surface area contributed by atoms with Crippen LogP contribution in [0.3, 0.4) is 0 Å². The first-order valence-electron chi connectivity index (χ1n) is 9.33. The van der Waals surface area contributed by atoms with Gasteiger partial charge in [-0.3, -0.25) is 9.59 Å². The molecule has 3 aromatic rings. The van der Waals surface area contributed by atoms with Crippen LogP contribution in [0.25, 0.3) is 10.8 Å². The second-order valence-electron chi connectivity index (χ2n) is 6.99. The van der Waals surface area contributed by atoms with Gasteiger partial charge < -0.3 is 10.1 Å². The summed E-state index contributed by atoms with van der Waals surface area (Å²) in [5.74, 6) is 0.587. The van der Waals surface area contributed by atoms with Gasteiger partial charge in [0.2, 0.25) is 0 Å². The zero-order valence-electron chi connectivity index (χ0n) is 16.7. The summed E-state index contributed by atoms with van der Waals surface area (Å²) in [7, 11) is 1.55. The van der Waals surface area contributed by atoms with Gasteiger partial charge in [0.05, 0.1) is 12.0 Å². The van der Waals surface area contributed by atoms with E-state index in [0.29, 0.717) is 30.3 Å². The Morgan fingerprint density at radius 1 is 1.14 bits per heavy atom. The second kappa shape index (κ2) is 8.25. The van der Waals surface area contributed by atoms with Crippen LogP contribution in [0.2, 0.25) is 0 Å². The van der Waals surface area contributed by atoms with Crippen molar-refractivity contribution < 1.29 is 9.53 Å². The maximum absolute atomic E-state index is 12.6. The van der Waals surface area contributed by atoms with E-state index in [2.05, 4.69) is 23.4 Å². The van der Waals surface area contributed by atoms with E-state index < -0.39 is 0 Å². The van der Waals surface area contributed by atoms with Crippen molar-refractivity contribution >= 4 is 16.7 Å². The number of rotatable bonds is 6. The smallest absolute Gasteiger partial charge is 0.274 e. The van der Waals surface area contributed by atoms with E-state index in [1.54, 1.807) is 31.3 Å². The van der Waals surface area contributed by atoms with Crippen LogP contribution < -0.4 is 15.6 Å². The molecule has 0 atom stereocenters. The van der Waals surface area contributed by atoms with Crippen LogP contribution in [-0.2, 0) is 7.05 Å². The second-order valence-corrected chi connectivity index (χ2v) is 6.99. The highest BCUT2D eigenvalue weighted by Gasteiger charge is 2.15. The fraction of sp³-hybridized carbons (Fsp3) is 0.318. The van der Waals surface area contributed by atoms with E-state index in [9.17, 15) is 9.59 Å². The lowest BCUT2D eigenvalue weighted by molar-refractivity contribution is 0.0946. The molecular formula is C22H25N3O3. The summed E-state index contributed by atoms with van der Waals surface area (Å²) in [6.07, 6.45) is 0.669. The maximum atomic E-state index is 12.6. The molecule has 0 radical (unpaired) electrons. The summed E-state index contributed by atoms with van der Waals surface area (Å²) in [6, 6.07) is 11.2. The molecule has 0 aliphatic heterocycles. The fourth-order valence-electron chi connectivity index (χ4n) is 3.16. The maximum Gasteiger partial charge on any atom is 0.274 e. The number of aromatic nitrogens is 2. The first-order chi connectivity index (χ1) is 13.4. The van der Waals surface area contributed by atoms with Crippen molar-refractivity contribution in [3.8, 4) is 5.75 Å². The van der Waals surface area contributed by atoms with Crippen molar-refractivity contribution in [3.05, 3.63) is 69.1 Å². The number of hydrogen-bond donors (Lipinski definition) is 1. The Bertz CT molecular complexity index is 1090. The predicted molar refractivity (Wildman–Crippen MR) is 110 cm³/mol. The first-order valence-corrected chi connectivity index (χ1v) is 9.33. The summed E-state index contributed by atoms with van der Waals surface area (Å²) in [5.41, 5.74) is 3.54. The number of nitrogens with one attached hydrogen (secondary N) is 1. The number of fused-ring (bicyclic) bond motifs is 1. The van der Waals surface area contributed by atoms with Gasteiger partial charge in [0, 0.05) is 19.0 Å². The molecule has 1 amide bonds. The number of hydrogen-bond acceptors (Lipinski definition) is 4. The Morgan fingerprint density at radius 2 is 1.86 bits per heavy atom. The number of benzene rings is 2. The van der Waals surface area contributed by atoms with Gasteiger partial charge in [0.25, 0.3) is 11.5 Å². The Hall–Kier alpha value is -3.15. The van der Waals surface area contributed by atoms with Crippen molar-refractivity contribution in [1.29, 1.82) is 0 Å². The first kappa shape index (κ1) is 19.6. The average Bonchev–Trinajstić information content (AvgIpc) is 2.67. The third kappa shape index (κ3) is 4.06. The van der Waals surface area contributed by atoms with Crippen LogP contribution in [0.1, 0.15) is 33.6 Å². The van der Waals surface area contributed by atoms with Crippen LogP contribution in [0.15, 0.2) is 41.2 Å². The monoisotopic (exact) mass is 379 g/mol. The number of ether oxygens (including phenoxy) is 1. The van der Waals surface area contributed by atoms with E-state index >= 15 is 0 Å². The Balaban J connectivity index is 1.61. The summed E-state index contributed by atoms with van der Waals surface area (Å²) >= 11 is 0. The minimum Gasteiger partial charge on any atom is -0.493 e. The standard InChI is InChI=1S/C22H25N3O3/c1-14-12-15(2)16(3)19(13-14)28-11-7-10-23-21(26)20-17-8-5-6-9-18(17)22(27)25(4)24-20/h5-6,8-9,12-13H,7,10-11H2,1-4H3,(H,23,26). The Labute approximate surface area is 164 Å². The zero-order valence-corrected chi connectivity index (χ0v) is 16.7. The zero-order chi connectivity index (χ0) is 20.3. The molecule has 6 heteroatoms. The van der Waals surface area contributed by atoms with Crippen molar-refractivity contribution in [1.82, 2.24) is 15.1 Å². The topological polar surface area (TPSA) is 73.2 Å². The molecule has 0 bridgehead atoms. The molecule has 0 saturated carbocycles. The number of aryl methyl sites for hydroxylation is 3. The molecule has 2 aromatic carbocycles. The third-order valence-electron chi connectivity index (χ3n) is 4.80. The molecule has 28 heavy (non-hydrogen) atoms. The van der Waals surface area contributed by atoms with E-state index in [-0.39, 0.29) is 17.2 Å². The molecule has 0 aliphatic carbocycles. The highest BCUT2D eigenvalue weighted by Crippen LogP contribution is 2.23. The van der Waals surface area contributed by atoms with Crippen LogP contribution in [0.5, 0.6) is 5.75 Å². The minimum absolute atomic E-state index is 0.218. The van der Waals surface area contributed by atoms with Gasteiger partial charge in [-0.15, -0.1) is 0 Å². The Morgan fingerprint density at radius 3 is 2.61 bits per heavy atom. The summed E-state index contributed by atoms with van der Waals surface area (Å²) in [6.45, 7) is 7.12. The highest BCUT2D eigenvalue weighted by atomic mass is 16.5. The number of nitrogens with zero attached hydrogens (tertiary/aromatic N) is 2. The van der Waals surface area contributed by atoms with Crippen molar-refractivity contribution in [2.45, 2.75) is 27.2 Å². The minimum atomic E-state index is -0.297. The van der Waals surface area contributed by atoms with Crippen LogP contribution in [0.4, 0.5) is 0 Å². The molecule has 3 rings (SSSR count). The van der Waals surface area contributed by atoms with Gasteiger partial charge in [0.15, 0.2) is 5.69 Å². The van der Waals surface area contributed by atoms with Gasteiger partial charge in [-0.05, 0) is 56.0 Å². The average molecular weight is 379 g/mol. The SMILES string of the molecule is Cc1cc(C)c(C)c(OCCCNC(=O)c2nn(C)c(=O)c3ccccc23)c1. The molecule has 146 valence electrons. The van der Waals surface area contributed by atoms with Crippen molar-refractivity contribution in [2.75, 3.05) is 13.2 Å². The summed E-state index contributed by atoms with van der Waals surface area (Å²) in [4.78, 5) is 24.7. The van der Waals surface area contributed by atoms with E-state index in [4.69, 9.17) is 4.74 Å². The van der Waals surface area contributed by atoms with Crippen molar-refractivity contribution in [2.24, 2.45) is 7.05 Å². The molecule has 6 nitrogen and oxygen atoms in total. The van der Waals surface area contributed by atoms with Gasteiger partial charge in [-0.1, -0.05) is 24.3 Å². The van der Waals surface area contributed by atoms with Crippen molar-refractivity contribution in [3.63, 3.8) is 0 Å². The molecule has 0 fully saturated rings. The summed E-state index contributed by atoms with van der Waals surface area (Å²) < 4.78 is 7.08. The largest absolute Gasteiger partial charge is 0.493 e.